The van der Waals surface area contributed by atoms with Gasteiger partial charge in [-0.05, 0) is 52.6 Å². The fourth-order valence-electron chi connectivity index (χ4n) is 3.17. The number of rotatable bonds is 1. The van der Waals surface area contributed by atoms with Crippen LogP contribution in [0.1, 0.15) is 52.4 Å². The summed E-state index contributed by atoms with van der Waals surface area (Å²) in [5.41, 5.74) is 0.539. The fourth-order valence-corrected chi connectivity index (χ4v) is 3.17. The topological polar surface area (TPSA) is 15.3 Å². The average molecular weight is 210 g/mol. The van der Waals surface area contributed by atoms with Crippen LogP contribution in [0, 0.1) is 0 Å². The van der Waals surface area contributed by atoms with Crippen molar-refractivity contribution in [1.82, 2.24) is 10.2 Å². The Balaban J connectivity index is 1.94. The van der Waals surface area contributed by atoms with Crippen LogP contribution in [0.15, 0.2) is 0 Å². The highest BCUT2D eigenvalue weighted by molar-refractivity contribution is 4.91. The van der Waals surface area contributed by atoms with Crippen molar-refractivity contribution < 1.29 is 0 Å². The first-order chi connectivity index (χ1) is 7.21. The maximum absolute atomic E-state index is 3.58. The van der Waals surface area contributed by atoms with Crippen molar-refractivity contribution in [2.24, 2.45) is 0 Å². The fraction of sp³-hybridized carbons (Fsp3) is 1.00. The van der Waals surface area contributed by atoms with Gasteiger partial charge in [0.1, 0.15) is 0 Å². The molecule has 88 valence electrons. The van der Waals surface area contributed by atoms with Gasteiger partial charge < -0.3 is 5.32 Å². The Morgan fingerprint density at radius 2 is 1.87 bits per heavy atom. The molecule has 1 atom stereocenters. The third kappa shape index (κ3) is 2.73. The van der Waals surface area contributed by atoms with Gasteiger partial charge >= 0.3 is 0 Å². The molecule has 0 spiro atoms. The maximum atomic E-state index is 3.58. The van der Waals surface area contributed by atoms with Crippen LogP contribution in [0.2, 0.25) is 0 Å². The van der Waals surface area contributed by atoms with E-state index in [0.29, 0.717) is 11.6 Å². The van der Waals surface area contributed by atoms with Crippen LogP contribution in [-0.2, 0) is 0 Å². The van der Waals surface area contributed by atoms with Crippen LogP contribution >= 0.6 is 0 Å². The molecule has 2 aliphatic rings. The van der Waals surface area contributed by atoms with E-state index in [2.05, 4.69) is 24.1 Å². The summed E-state index contributed by atoms with van der Waals surface area (Å²) in [7, 11) is 0. The van der Waals surface area contributed by atoms with E-state index in [1.165, 1.54) is 58.2 Å². The Bertz CT molecular complexity index is 197. The lowest BCUT2D eigenvalue weighted by Gasteiger charge is -2.40. The van der Waals surface area contributed by atoms with Crippen molar-refractivity contribution >= 4 is 0 Å². The van der Waals surface area contributed by atoms with Gasteiger partial charge in [-0.15, -0.1) is 0 Å². The van der Waals surface area contributed by atoms with Gasteiger partial charge in [-0.25, -0.2) is 0 Å². The molecule has 1 aliphatic carbocycles. The van der Waals surface area contributed by atoms with E-state index in [9.17, 15) is 0 Å². The zero-order chi connectivity index (χ0) is 10.7. The summed E-state index contributed by atoms with van der Waals surface area (Å²) in [5, 5.41) is 3.58. The van der Waals surface area contributed by atoms with Crippen molar-refractivity contribution in [3.05, 3.63) is 0 Å². The molecule has 1 heterocycles. The average Bonchev–Trinajstić information content (AvgIpc) is 2.60. The Morgan fingerprint density at radius 1 is 1.13 bits per heavy atom. The second-order valence-corrected chi connectivity index (χ2v) is 5.69. The van der Waals surface area contributed by atoms with Gasteiger partial charge in [0.25, 0.3) is 0 Å². The molecule has 1 saturated carbocycles. The minimum absolute atomic E-state index is 0.539. The first kappa shape index (κ1) is 11.4. The lowest BCUT2D eigenvalue weighted by Crippen LogP contribution is -2.48. The smallest absolute Gasteiger partial charge is 0.0181 e. The predicted octanol–water partition coefficient (Wildman–Crippen LogP) is 2.39. The summed E-state index contributed by atoms with van der Waals surface area (Å²) >= 11 is 0. The zero-order valence-corrected chi connectivity index (χ0v) is 10.4. The molecule has 2 fully saturated rings. The number of nitrogens with one attached hydrogen (secondary N) is 1. The number of nitrogens with zero attached hydrogens (tertiary/aromatic N) is 1. The Labute approximate surface area is 94.4 Å². The largest absolute Gasteiger partial charge is 0.314 e. The van der Waals surface area contributed by atoms with Crippen molar-refractivity contribution in [2.45, 2.75) is 64.0 Å². The lowest BCUT2D eigenvalue weighted by molar-refractivity contribution is 0.0951. The van der Waals surface area contributed by atoms with Crippen molar-refractivity contribution in [2.75, 3.05) is 19.6 Å². The molecule has 2 nitrogen and oxygen atoms in total. The van der Waals surface area contributed by atoms with Crippen molar-refractivity contribution in [1.29, 1.82) is 0 Å². The predicted molar refractivity (Wildman–Crippen MR) is 65.1 cm³/mol. The van der Waals surface area contributed by atoms with Gasteiger partial charge in [-0.2, -0.15) is 0 Å². The van der Waals surface area contributed by atoms with Gasteiger partial charge in [-0.3, -0.25) is 4.90 Å². The summed E-state index contributed by atoms with van der Waals surface area (Å²) in [6.07, 6.45) is 8.38. The highest BCUT2D eigenvalue weighted by Gasteiger charge is 2.34. The van der Waals surface area contributed by atoms with E-state index in [-0.39, 0.29) is 0 Å². The first-order valence-corrected chi connectivity index (χ1v) is 6.69. The van der Waals surface area contributed by atoms with Crippen LogP contribution in [0.3, 0.4) is 0 Å². The van der Waals surface area contributed by atoms with E-state index >= 15 is 0 Å². The Hall–Kier alpha value is -0.0800. The molecule has 1 saturated heterocycles. The normalized spacial score (nSPS) is 33.6. The highest BCUT2D eigenvalue weighted by Crippen LogP contribution is 2.35. The van der Waals surface area contributed by atoms with Crippen LogP contribution in [-0.4, -0.2) is 36.1 Å². The Kier molecular flexibility index (Phi) is 3.68. The summed E-state index contributed by atoms with van der Waals surface area (Å²) in [5.74, 6) is 0. The van der Waals surface area contributed by atoms with E-state index in [4.69, 9.17) is 0 Å². The first-order valence-electron chi connectivity index (χ1n) is 6.69. The summed E-state index contributed by atoms with van der Waals surface area (Å²) in [4.78, 5) is 2.78. The molecular weight excluding hydrogens is 184 g/mol. The van der Waals surface area contributed by atoms with E-state index in [1.807, 2.05) is 0 Å². The second kappa shape index (κ2) is 4.84. The molecule has 2 heteroatoms. The molecule has 0 aromatic carbocycles. The van der Waals surface area contributed by atoms with Gasteiger partial charge in [0.15, 0.2) is 0 Å². The summed E-state index contributed by atoms with van der Waals surface area (Å²) < 4.78 is 0. The zero-order valence-electron chi connectivity index (χ0n) is 10.4. The van der Waals surface area contributed by atoms with E-state index in [1.54, 1.807) is 0 Å². The molecule has 15 heavy (non-hydrogen) atoms. The lowest BCUT2D eigenvalue weighted by atomic mass is 9.96. The molecule has 0 aromatic heterocycles. The molecule has 0 radical (unpaired) electrons. The highest BCUT2D eigenvalue weighted by atomic mass is 15.2. The number of hydrogen-bond donors (Lipinski definition) is 1. The molecule has 0 bridgehead atoms. The van der Waals surface area contributed by atoms with E-state index in [0.717, 1.165) is 0 Å². The number of hydrogen-bond acceptors (Lipinski definition) is 2. The molecule has 0 aromatic rings. The van der Waals surface area contributed by atoms with Crippen molar-refractivity contribution in [3.63, 3.8) is 0 Å². The maximum Gasteiger partial charge on any atom is 0.0181 e. The van der Waals surface area contributed by atoms with Gasteiger partial charge in [0.05, 0.1) is 0 Å². The van der Waals surface area contributed by atoms with Gasteiger partial charge in [0, 0.05) is 18.1 Å². The van der Waals surface area contributed by atoms with Gasteiger partial charge in [0.2, 0.25) is 0 Å². The summed E-state index contributed by atoms with van der Waals surface area (Å²) in [6, 6.07) is 0.706. The molecule has 2 rings (SSSR count). The van der Waals surface area contributed by atoms with Crippen molar-refractivity contribution in [3.8, 4) is 0 Å². The van der Waals surface area contributed by atoms with Crippen LogP contribution in [0.4, 0.5) is 0 Å². The molecule has 1 unspecified atom stereocenters. The molecule has 1 N–H and O–H groups in total. The monoisotopic (exact) mass is 210 g/mol. The molecule has 1 aliphatic heterocycles. The van der Waals surface area contributed by atoms with Crippen LogP contribution < -0.4 is 5.32 Å². The van der Waals surface area contributed by atoms with Crippen LogP contribution in [0.25, 0.3) is 0 Å². The minimum Gasteiger partial charge on any atom is -0.314 e. The SMILES string of the molecule is CC1CCN(C2(C)CCCC2)CCCN1. The third-order valence-electron chi connectivity index (χ3n) is 4.37. The summed E-state index contributed by atoms with van der Waals surface area (Å²) in [6.45, 7) is 8.61. The quantitative estimate of drug-likeness (QED) is 0.715. The minimum atomic E-state index is 0.539. The standard InChI is InChI=1S/C13H26N2/c1-12-6-11-15(10-5-9-14-12)13(2)7-3-4-8-13/h12,14H,3-11H2,1-2H3. The molecular formula is C13H26N2. The third-order valence-corrected chi connectivity index (χ3v) is 4.37. The van der Waals surface area contributed by atoms with E-state index < -0.39 is 0 Å². The van der Waals surface area contributed by atoms with Crippen LogP contribution in [0.5, 0.6) is 0 Å². The Morgan fingerprint density at radius 3 is 2.60 bits per heavy atom. The molecule has 0 amide bonds. The second-order valence-electron chi connectivity index (χ2n) is 5.69. The van der Waals surface area contributed by atoms with Gasteiger partial charge in [-0.1, -0.05) is 12.8 Å².